The Bertz CT molecular complexity index is 515. The lowest BCUT2D eigenvalue weighted by atomic mass is 10.1. The number of carbonyl (C=O) groups is 2. The highest BCUT2D eigenvalue weighted by atomic mass is 16.2. The Hall–Kier alpha value is -2.04. The standard InChI is InChI=1S/C17H25N3O2/c1-4-18(5-2)17(22)20-12-10-19(11-13-20)16-8-6-15(7-9-16)14(3)21/h6-9H,4-5,10-13H2,1-3H3. The summed E-state index contributed by atoms with van der Waals surface area (Å²) < 4.78 is 0. The minimum absolute atomic E-state index is 0.0844. The monoisotopic (exact) mass is 303 g/mol. The summed E-state index contributed by atoms with van der Waals surface area (Å²) in [4.78, 5) is 29.7. The Morgan fingerprint density at radius 3 is 2.00 bits per heavy atom. The number of nitrogens with zero attached hydrogens (tertiary/aromatic N) is 3. The zero-order valence-electron chi connectivity index (χ0n) is 13.7. The molecule has 1 aromatic rings. The van der Waals surface area contributed by atoms with Gasteiger partial charge >= 0.3 is 6.03 Å². The first kappa shape index (κ1) is 16.3. The van der Waals surface area contributed by atoms with Crippen LogP contribution in [0.15, 0.2) is 24.3 Å². The maximum atomic E-state index is 12.3. The topological polar surface area (TPSA) is 43.9 Å². The van der Waals surface area contributed by atoms with Crippen LogP contribution in [0.25, 0.3) is 0 Å². The van der Waals surface area contributed by atoms with Crippen LogP contribution in [0.5, 0.6) is 0 Å². The van der Waals surface area contributed by atoms with Crippen molar-refractivity contribution in [1.82, 2.24) is 9.80 Å². The Morgan fingerprint density at radius 1 is 1.00 bits per heavy atom. The lowest BCUT2D eigenvalue weighted by molar-refractivity contribution is 0.101. The molecule has 0 N–H and O–H groups in total. The van der Waals surface area contributed by atoms with Crippen LogP contribution in [0.3, 0.4) is 0 Å². The van der Waals surface area contributed by atoms with Gasteiger partial charge in [-0.3, -0.25) is 4.79 Å². The molecule has 1 saturated heterocycles. The highest BCUT2D eigenvalue weighted by molar-refractivity contribution is 5.94. The smallest absolute Gasteiger partial charge is 0.320 e. The van der Waals surface area contributed by atoms with Crippen molar-refractivity contribution in [3.8, 4) is 0 Å². The van der Waals surface area contributed by atoms with Crippen LogP contribution in [-0.4, -0.2) is 60.9 Å². The van der Waals surface area contributed by atoms with E-state index in [9.17, 15) is 9.59 Å². The highest BCUT2D eigenvalue weighted by Gasteiger charge is 2.23. The molecule has 0 atom stereocenters. The summed E-state index contributed by atoms with van der Waals surface area (Å²) >= 11 is 0. The highest BCUT2D eigenvalue weighted by Crippen LogP contribution is 2.18. The van der Waals surface area contributed by atoms with E-state index in [4.69, 9.17) is 0 Å². The van der Waals surface area contributed by atoms with Gasteiger partial charge in [-0.05, 0) is 45.0 Å². The molecule has 0 aliphatic carbocycles. The van der Waals surface area contributed by atoms with Crippen molar-refractivity contribution in [2.75, 3.05) is 44.2 Å². The molecule has 0 spiro atoms. The van der Waals surface area contributed by atoms with E-state index in [1.54, 1.807) is 6.92 Å². The zero-order chi connectivity index (χ0) is 16.1. The maximum Gasteiger partial charge on any atom is 0.320 e. The van der Waals surface area contributed by atoms with Crippen LogP contribution in [0.4, 0.5) is 10.5 Å². The molecule has 1 fully saturated rings. The normalized spacial score (nSPS) is 14.9. The van der Waals surface area contributed by atoms with Crippen molar-refractivity contribution in [2.24, 2.45) is 0 Å². The van der Waals surface area contributed by atoms with Gasteiger partial charge in [-0.25, -0.2) is 4.79 Å². The van der Waals surface area contributed by atoms with Gasteiger partial charge in [0.2, 0.25) is 0 Å². The number of piperazine rings is 1. The van der Waals surface area contributed by atoms with Crippen molar-refractivity contribution < 1.29 is 9.59 Å². The summed E-state index contributed by atoms with van der Waals surface area (Å²) in [6, 6.07) is 7.84. The van der Waals surface area contributed by atoms with E-state index < -0.39 is 0 Å². The summed E-state index contributed by atoms with van der Waals surface area (Å²) in [6.07, 6.45) is 0. The Balaban J connectivity index is 1.94. The number of anilines is 1. The number of hydrogen-bond donors (Lipinski definition) is 0. The summed E-state index contributed by atoms with van der Waals surface area (Å²) in [5.41, 5.74) is 1.85. The SMILES string of the molecule is CCN(CC)C(=O)N1CCN(c2ccc(C(C)=O)cc2)CC1. The molecule has 0 aromatic heterocycles. The molecule has 1 aliphatic rings. The van der Waals surface area contributed by atoms with Crippen LogP contribution in [0.1, 0.15) is 31.1 Å². The number of ketones is 1. The van der Waals surface area contributed by atoms with Crippen molar-refractivity contribution in [3.05, 3.63) is 29.8 Å². The molecule has 22 heavy (non-hydrogen) atoms. The average molecular weight is 303 g/mol. The zero-order valence-corrected chi connectivity index (χ0v) is 13.7. The predicted octanol–water partition coefficient (Wildman–Crippen LogP) is 2.47. The van der Waals surface area contributed by atoms with Crippen LogP contribution in [0, 0.1) is 0 Å². The molecule has 0 saturated carbocycles. The second kappa shape index (κ2) is 7.29. The number of rotatable bonds is 4. The van der Waals surface area contributed by atoms with Gasteiger partial charge in [0.15, 0.2) is 5.78 Å². The quantitative estimate of drug-likeness (QED) is 0.803. The first-order chi connectivity index (χ1) is 10.6. The summed E-state index contributed by atoms with van der Waals surface area (Å²) in [5.74, 6) is 0.0844. The first-order valence-electron chi connectivity index (χ1n) is 7.96. The molecule has 0 radical (unpaired) electrons. The van der Waals surface area contributed by atoms with E-state index in [1.807, 2.05) is 47.9 Å². The third-order valence-electron chi connectivity index (χ3n) is 4.22. The van der Waals surface area contributed by atoms with Crippen LogP contribution in [-0.2, 0) is 0 Å². The predicted molar refractivity (Wildman–Crippen MR) is 88.5 cm³/mol. The van der Waals surface area contributed by atoms with Crippen molar-refractivity contribution in [2.45, 2.75) is 20.8 Å². The van der Waals surface area contributed by atoms with Gasteiger partial charge in [0.05, 0.1) is 0 Å². The molecule has 1 aliphatic heterocycles. The number of benzene rings is 1. The van der Waals surface area contributed by atoms with Gasteiger partial charge < -0.3 is 14.7 Å². The fraction of sp³-hybridized carbons (Fsp3) is 0.529. The Labute approximate surface area is 132 Å². The number of hydrogen-bond acceptors (Lipinski definition) is 3. The molecule has 120 valence electrons. The summed E-state index contributed by atoms with van der Waals surface area (Å²) in [6.45, 7) is 10.2. The lowest BCUT2D eigenvalue weighted by Gasteiger charge is -2.38. The first-order valence-corrected chi connectivity index (χ1v) is 7.96. The van der Waals surface area contributed by atoms with Gasteiger partial charge in [0, 0.05) is 50.5 Å². The third-order valence-corrected chi connectivity index (χ3v) is 4.22. The molecule has 5 heteroatoms. The number of amides is 2. The van der Waals surface area contributed by atoms with Gasteiger partial charge in [0.1, 0.15) is 0 Å². The molecule has 1 aromatic carbocycles. The number of urea groups is 1. The molecule has 0 bridgehead atoms. The van der Waals surface area contributed by atoms with E-state index in [0.29, 0.717) is 0 Å². The number of Topliss-reactive ketones (excluding diaryl/α,β-unsaturated/α-hetero) is 1. The second-order valence-electron chi connectivity index (χ2n) is 5.53. The Kier molecular flexibility index (Phi) is 5.41. The molecule has 1 heterocycles. The van der Waals surface area contributed by atoms with Crippen molar-refractivity contribution >= 4 is 17.5 Å². The summed E-state index contributed by atoms with van der Waals surface area (Å²) in [5, 5.41) is 0. The van der Waals surface area contributed by atoms with E-state index in [2.05, 4.69) is 4.90 Å². The van der Waals surface area contributed by atoms with Crippen LogP contribution in [0.2, 0.25) is 0 Å². The van der Waals surface area contributed by atoms with E-state index >= 15 is 0 Å². The van der Waals surface area contributed by atoms with Gasteiger partial charge in [-0.15, -0.1) is 0 Å². The molecule has 0 unspecified atom stereocenters. The fourth-order valence-corrected chi connectivity index (χ4v) is 2.76. The maximum absolute atomic E-state index is 12.3. The molecule has 2 amide bonds. The van der Waals surface area contributed by atoms with Gasteiger partial charge in [0.25, 0.3) is 0 Å². The molecular formula is C17H25N3O2. The van der Waals surface area contributed by atoms with Gasteiger partial charge in [-0.2, -0.15) is 0 Å². The largest absolute Gasteiger partial charge is 0.368 e. The van der Waals surface area contributed by atoms with Crippen LogP contribution < -0.4 is 4.90 Å². The van der Waals surface area contributed by atoms with E-state index in [0.717, 1.165) is 50.5 Å². The minimum atomic E-state index is 0.0844. The lowest BCUT2D eigenvalue weighted by Crippen LogP contribution is -2.52. The average Bonchev–Trinajstić information content (AvgIpc) is 2.56. The van der Waals surface area contributed by atoms with E-state index in [-0.39, 0.29) is 11.8 Å². The third kappa shape index (κ3) is 3.59. The van der Waals surface area contributed by atoms with Gasteiger partial charge in [-0.1, -0.05) is 0 Å². The number of carbonyl (C=O) groups excluding carboxylic acids is 2. The molecule has 5 nitrogen and oxygen atoms in total. The van der Waals surface area contributed by atoms with Crippen molar-refractivity contribution in [3.63, 3.8) is 0 Å². The Morgan fingerprint density at radius 2 is 1.55 bits per heavy atom. The van der Waals surface area contributed by atoms with Crippen molar-refractivity contribution in [1.29, 1.82) is 0 Å². The minimum Gasteiger partial charge on any atom is -0.368 e. The summed E-state index contributed by atoms with van der Waals surface area (Å²) in [7, 11) is 0. The molecular weight excluding hydrogens is 278 g/mol. The van der Waals surface area contributed by atoms with Crippen LogP contribution >= 0.6 is 0 Å². The molecule has 2 rings (SSSR count). The fourth-order valence-electron chi connectivity index (χ4n) is 2.76. The second-order valence-corrected chi connectivity index (χ2v) is 5.53. The van der Waals surface area contributed by atoms with E-state index in [1.165, 1.54) is 0 Å².